The predicted octanol–water partition coefficient (Wildman–Crippen LogP) is 0.882. The molecular weight excluding hydrogens is 212 g/mol. The Hall–Kier alpha value is -0.850. The molecule has 0 saturated carbocycles. The molecule has 0 atom stereocenters. The summed E-state index contributed by atoms with van der Waals surface area (Å²) in [5.74, 6) is 0.164. The van der Waals surface area contributed by atoms with Gasteiger partial charge in [-0.3, -0.25) is 4.57 Å². The number of nitrogens with zero attached hydrogens (tertiary/aromatic N) is 3. The zero-order chi connectivity index (χ0) is 10.7. The average Bonchev–Trinajstić information content (AvgIpc) is 2.41. The minimum absolute atomic E-state index is 0.271. The number of hydrogen-bond donors (Lipinski definition) is 0. The highest BCUT2D eigenvalue weighted by Crippen LogP contribution is 2.14. The molecule has 1 rings (SSSR count). The lowest BCUT2D eigenvalue weighted by molar-refractivity contribution is 0.134. The van der Waals surface area contributed by atoms with Gasteiger partial charge in [0.2, 0.25) is 5.82 Å². The van der Waals surface area contributed by atoms with Crippen molar-refractivity contribution >= 4 is 11.8 Å². The fourth-order valence-corrected chi connectivity index (χ4v) is 1.44. The second kappa shape index (κ2) is 4.59. The van der Waals surface area contributed by atoms with Gasteiger partial charge in [0.1, 0.15) is 0 Å². The quantitative estimate of drug-likeness (QED) is 0.760. The first-order chi connectivity index (χ1) is 6.57. The largest absolute Gasteiger partial charge is 0.345 e. The maximum absolute atomic E-state index is 12.4. The van der Waals surface area contributed by atoms with E-state index in [9.17, 15) is 13.6 Å². The lowest BCUT2D eigenvalue weighted by atomic mass is 10.6. The van der Waals surface area contributed by atoms with Crippen LogP contribution in [0.4, 0.5) is 8.78 Å². The van der Waals surface area contributed by atoms with Crippen LogP contribution in [-0.2, 0) is 13.6 Å². The summed E-state index contributed by atoms with van der Waals surface area (Å²) in [6, 6.07) is 0. The van der Waals surface area contributed by atoms with Crippen molar-refractivity contribution in [1.82, 2.24) is 14.3 Å². The number of alkyl halides is 2. The van der Waals surface area contributed by atoms with Crippen molar-refractivity contribution < 1.29 is 8.78 Å². The summed E-state index contributed by atoms with van der Waals surface area (Å²) in [5, 5.41) is 3.47. The van der Waals surface area contributed by atoms with E-state index in [4.69, 9.17) is 0 Å². The zero-order valence-electron chi connectivity index (χ0n) is 7.91. The highest BCUT2D eigenvalue weighted by Gasteiger charge is 2.19. The number of aryl methyl sites for hydroxylation is 1. The molecular formula is C7H11F2N3OS. The SMILES string of the molecule is CSCCn1c(C(F)F)nn(C)c1=O. The predicted molar refractivity (Wildman–Crippen MR) is 50.8 cm³/mol. The van der Waals surface area contributed by atoms with E-state index < -0.39 is 17.9 Å². The first-order valence-corrected chi connectivity index (χ1v) is 5.38. The molecule has 0 bridgehead atoms. The second-order valence-electron chi connectivity index (χ2n) is 2.71. The van der Waals surface area contributed by atoms with Crippen molar-refractivity contribution in [3.05, 3.63) is 16.3 Å². The van der Waals surface area contributed by atoms with Crippen molar-refractivity contribution in [3.63, 3.8) is 0 Å². The summed E-state index contributed by atoms with van der Waals surface area (Å²) in [6.07, 6.45) is -0.852. The average molecular weight is 223 g/mol. The topological polar surface area (TPSA) is 39.8 Å². The van der Waals surface area contributed by atoms with Gasteiger partial charge in [0.05, 0.1) is 0 Å². The van der Waals surface area contributed by atoms with Gasteiger partial charge in [0.15, 0.2) is 0 Å². The summed E-state index contributed by atoms with van der Waals surface area (Å²) in [7, 11) is 1.36. The van der Waals surface area contributed by atoms with E-state index in [1.54, 1.807) is 0 Å². The smallest absolute Gasteiger partial charge is 0.273 e. The Labute approximate surface area is 83.9 Å². The Morgan fingerprint density at radius 3 is 2.71 bits per heavy atom. The lowest BCUT2D eigenvalue weighted by Gasteiger charge is -2.02. The first kappa shape index (κ1) is 11.2. The van der Waals surface area contributed by atoms with Crippen LogP contribution in [0.1, 0.15) is 12.2 Å². The molecule has 0 radical (unpaired) electrons. The third-order valence-corrected chi connectivity index (χ3v) is 2.34. The number of hydrogen-bond acceptors (Lipinski definition) is 3. The number of halogens is 2. The molecule has 4 nitrogen and oxygen atoms in total. The molecule has 80 valence electrons. The van der Waals surface area contributed by atoms with Crippen molar-refractivity contribution in [3.8, 4) is 0 Å². The van der Waals surface area contributed by atoms with E-state index in [0.717, 1.165) is 9.25 Å². The molecule has 0 N–H and O–H groups in total. The van der Waals surface area contributed by atoms with Gasteiger partial charge in [0, 0.05) is 19.3 Å². The molecule has 0 aliphatic heterocycles. The number of thioether (sulfide) groups is 1. The third-order valence-electron chi connectivity index (χ3n) is 1.75. The fraction of sp³-hybridized carbons (Fsp3) is 0.714. The minimum atomic E-state index is -2.70. The molecule has 0 fully saturated rings. The highest BCUT2D eigenvalue weighted by molar-refractivity contribution is 7.98. The van der Waals surface area contributed by atoms with E-state index in [0.29, 0.717) is 5.75 Å². The van der Waals surface area contributed by atoms with Gasteiger partial charge in [0.25, 0.3) is 6.43 Å². The highest BCUT2D eigenvalue weighted by atomic mass is 32.2. The first-order valence-electron chi connectivity index (χ1n) is 3.98. The fourth-order valence-electron chi connectivity index (χ4n) is 1.08. The summed E-state index contributed by atoms with van der Waals surface area (Å²) in [4.78, 5) is 11.3. The molecule has 0 amide bonds. The molecule has 1 aromatic rings. The second-order valence-corrected chi connectivity index (χ2v) is 3.70. The normalized spacial score (nSPS) is 11.2. The Balaban J connectivity index is 3.04. The lowest BCUT2D eigenvalue weighted by Crippen LogP contribution is -2.24. The standard InChI is InChI=1S/C7H11F2N3OS/c1-11-7(13)12(3-4-14-2)6(10-11)5(8)9/h5H,3-4H2,1-2H3. The van der Waals surface area contributed by atoms with E-state index in [1.165, 1.54) is 18.8 Å². The maximum atomic E-state index is 12.4. The Morgan fingerprint density at radius 1 is 1.57 bits per heavy atom. The van der Waals surface area contributed by atoms with Crippen LogP contribution in [0.3, 0.4) is 0 Å². The van der Waals surface area contributed by atoms with Gasteiger partial charge >= 0.3 is 5.69 Å². The van der Waals surface area contributed by atoms with Crippen LogP contribution in [0.2, 0.25) is 0 Å². The van der Waals surface area contributed by atoms with Gasteiger partial charge in [-0.1, -0.05) is 0 Å². The summed E-state index contributed by atoms with van der Waals surface area (Å²) >= 11 is 1.49. The van der Waals surface area contributed by atoms with Crippen LogP contribution < -0.4 is 5.69 Å². The van der Waals surface area contributed by atoms with Crippen molar-refractivity contribution in [2.45, 2.75) is 13.0 Å². The van der Waals surface area contributed by atoms with Crippen LogP contribution in [0.15, 0.2) is 4.79 Å². The Morgan fingerprint density at radius 2 is 2.21 bits per heavy atom. The van der Waals surface area contributed by atoms with Crippen LogP contribution >= 0.6 is 11.8 Å². The van der Waals surface area contributed by atoms with E-state index in [2.05, 4.69) is 5.10 Å². The zero-order valence-corrected chi connectivity index (χ0v) is 8.72. The van der Waals surface area contributed by atoms with Crippen LogP contribution in [0.25, 0.3) is 0 Å². The molecule has 1 heterocycles. The molecule has 0 unspecified atom stereocenters. The van der Waals surface area contributed by atoms with E-state index in [-0.39, 0.29) is 6.54 Å². The molecule has 14 heavy (non-hydrogen) atoms. The number of rotatable bonds is 4. The third kappa shape index (κ3) is 2.14. The van der Waals surface area contributed by atoms with Crippen LogP contribution in [0, 0.1) is 0 Å². The molecule has 7 heteroatoms. The van der Waals surface area contributed by atoms with Gasteiger partial charge in [-0.05, 0) is 6.26 Å². The maximum Gasteiger partial charge on any atom is 0.345 e. The monoisotopic (exact) mass is 223 g/mol. The molecule has 0 aromatic carbocycles. The Bertz CT molecular complexity index is 360. The van der Waals surface area contributed by atoms with Gasteiger partial charge in [-0.2, -0.15) is 11.8 Å². The summed E-state index contributed by atoms with van der Waals surface area (Å²) in [6.45, 7) is 0.271. The van der Waals surface area contributed by atoms with Gasteiger partial charge in [-0.25, -0.2) is 18.3 Å². The van der Waals surface area contributed by atoms with Gasteiger partial charge in [-0.15, -0.1) is 5.10 Å². The molecule has 0 saturated heterocycles. The molecule has 0 spiro atoms. The summed E-state index contributed by atoms with van der Waals surface area (Å²) < 4.78 is 26.8. The Kier molecular flexibility index (Phi) is 3.68. The van der Waals surface area contributed by atoms with Crippen molar-refractivity contribution in [2.75, 3.05) is 12.0 Å². The molecule has 1 aromatic heterocycles. The van der Waals surface area contributed by atoms with Crippen molar-refractivity contribution in [2.24, 2.45) is 7.05 Å². The summed E-state index contributed by atoms with van der Waals surface area (Å²) in [5.41, 5.74) is -0.491. The van der Waals surface area contributed by atoms with Crippen LogP contribution in [-0.4, -0.2) is 26.4 Å². The van der Waals surface area contributed by atoms with Crippen LogP contribution in [0.5, 0.6) is 0 Å². The molecule has 0 aliphatic rings. The van der Waals surface area contributed by atoms with Crippen molar-refractivity contribution in [1.29, 1.82) is 0 Å². The molecule has 0 aliphatic carbocycles. The van der Waals surface area contributed by atoms with E-state index >= 15 is 0 Å². The minimum Gasteiger partial charge on any atom is -0.273 e. The van der Waals surface area contributed by atoms with Gasteiger partial charge < -0.3 is 0 Å². The number of aromatic nitrogens is 3. The van der Waals surface area contributed by atoms with E-state index in [1.807, 2.05) is 6.26 Å².